The Morgan fingerprint density at radius 2 is 1.14 bits per heavy atom. The number of imidazole rings is 1. The average Bonchev–Trinajstić information content (AvgIpc) is 1.42. The Morgan fingerprint density at radius 1 is 0.566 bits per heavy atom. The van der Waals surface area contributed by atoms with Crippen molar-refractivity contribution in [2.45, 2.75) is 145 Å². The third kappa shape index (κ3) is 11.4. The normalized spacial score (nSPS) is 19.3. The molecule has 9 rings (SSSR count). The van der Waals surface area contributed by atoms with Crippen molar-refractivity contribution in [1.82, 2.24) is 14.5 Å². The van der Waals surface area contributed by atoms with E-state index in [9.17, 15) is 6.48 Å². The van der Waals surface area contributed by atoms with Crippen LogP contribution in [0.4, 0.5) is 0 Å². The largest absolute Gasteiger partial charge is 0.507 e. The van der Waals surface area contributed by atoms with Gasteiger partial charge in [-0.3, -0.25) is 9.55 Å². The molecule has 4 nitrogen and oxygen atoms in total. The molecular weight excluding hydrogens is 1110 g/mol. The van der Waals surface area contributed by atoms with E-state index in [0.717, 1.165) is 17.8 Å². The summed E-state index contributed by atoms with van der Waals surface area (Å²) in [5.41, 5.74) is -12.3. The van der Waals surface area contributed by atoms with Crippen molar-refractivity contribution in [3.05, 3.63) is 191 Å². The summed E-state index contributed by atoms with van der Waals surface area (Å²) in [7, 11) is 0. The van der Waals surface area contributed by atoms with E-state index in [1.54, 1.807) is 112 Å². The van der Waals surface area contributed by atoms with E-state index in [2.05, 4.69) is 11.1 Å². The number of hydrogen-bond donors (Lipinski definition) is 1. The monoisotopic (exact) mass is 1210 g/mol. The van der Waals surface area contributed by atoms with Gasteiger partial charge < -0.3 is 5.11 Å². The number of phenolic OH excluding ortho intramolecular Hbond substituents is 1. The van der Waals surface area contributed by atoms with E-state index < -0.39 is 134 Å². The molecule has 0 saturated carbocycles. The van der Waals surface area contributed by atoms with Crippen LogP contribution in [0.1, 0.15) is 179 Å². The van der Waals surface area contributed by atoms with Gasteiger partial charge in [0.1, 0.15) is 11.6 Å². The van der Waals surface area contributed by atoms with Crippen LogP contribution in [0.3, 0.4) is 0 Å². The number of aryl methyl sites for hydroxylation is 2. The first-order valence-corrected chi connectivity index (χ1v) is 24.6. The summed E-state index contributed by atoms with van der Waals surface area (Å²) in [6.07, 6.45) is -1.15. The Hall–Kier alpha value is -6.35. The molecule has 9 aromatic rings. The summed E-state index contributed by atoms with van der Waals surface area (Å²) in [4.78, 5) is 9.94. The van der Waals surface area contributed by atoms with Gasteiger partial charge in [-0.15, -0.1) is 29.3 Å². The van der Waals surface area contributed by atoms with E-state index in [1.165, 1.54) is 16.7 Å². The molecule has 0 unspecified atom stereocenters. The van der Waals surface area contributed by atoms with Gasteiger partial charge in [0.15, 0.2) is 0 Å². The molecule has 1 N–H and O–H groups in total. The van der Waals surface area contributed by atoms with Gasteiger partial charge >= 0.3 is 0 Å². The molecular formula is C71H78N3OPt-. The topological polar surface area (TPSA) is 50.9 Å². The van der Waals surface area contributed by atoms with Gasteiger partial charge in [0.2, 0.25) is 0 Å². The van der Waals surface area contributed by atoms with Crippen LogP contribution < -0.4 is 0 Å². The summed E-state index contributed by atoms with van der Waals surface area (Å²) < 4.78 is 243. The number of aromatic nitrogens is 3. The van der Waals surface area contributed by atoms with Crippen molar-refractivity contribution in [3.8, 4) is 78.6 Å². The summed E-state index contributed by atoms with van der Waals surface area (Å²) >= 11 is 0. The van der Waals surface area contributed by atoms with Crippen LogP contribution in [0.25, 0.3) is 83.9 Å². The smallest absolute Gasteiger partial charge is 0.148 e. The van der Waals surface area contributed by atoms with E-state index in [4.69, 9.17) is 40.6 Å². The molecule has 0 aliphatic carbocycles. The number of para-hydroxylation sites is 1. The van der Waals surface area contributed by atoms with Crippen molar-refractivity contribution >= 4 is 11.0 Å². The minimum Gasteiger partial charge on any atom is -0.507 e. The molecule has 0 saturated heterocycles. The van der Waals surface area contributed by atoms with Gasteiger partial charge in [0.25, 0.3) is 0 Å². The molecule has 0 amide bonds. The Bertz CT molecular complexity index is 4550. The zero-order chi connectivity index (χ0) is 76.8. The van der Waals surface area contributed by atoms with Crippen molar-refractivity contribution in [1.29, 1.82) is 0 Å². The van der Waals surface area contributed by atoms with Gasteiger partial charge in [-0.05, 0) is 121 Å². The molecule has 7 aromatic carbocycles. The Kier molecular flexibility index (Phi) is 8.26. The molecule has 0 bridgehead atoms. The van der Waals surface area contributed by atoms with E-state index >= 15 is 0 Å². The number of fused-ring (bicyclic) bond motifs is 1. The van der Waals surface area contributed by atoms with Crippen LogP contribution in [0.5, 0.6) is 5.75 Å². The maximum atomic E-state index is 13.5. The summed E-state index contributed by atoms with van der Waals surface area (Å²) in [6, 6.07) is 37.3. The van der Waals surface area contributed by atoms with Crippen molar-refractivity contribution < 1.29 is 63.2 Å². The first-order chi connectivity index (χ1) is 46.2. The third-order valence-corrected chi connectivity index (χ3v) is 13.2. The zero-order valence-electron chi connectivity index (χ0n) is 70.9. The Labute approximate surface area is 507 Å². The van der Waals surface area contributed by atoms with Crippen molar-refractivity contribution in [2.75, 3.05) is 0 Å². The minimum atomic E-state index is -4.27. The summed E-state index contributed by atoms with van der Waals surface area (Å²) in [5, 5.41) is 13.5. The van der Waals surface area contributed by atoms with Gasteiger partial charge in [0.05, 0.1) is 23.7 Å². The van der Waals surface area contributed by atoms with E-state index in [-0.39, 0.29) is 82.9 Å². The van der Waals surface area contributed by atoms with Crippen LogP contribution >= 0.6 is 0 Å². The van der Waals surface area contributed by atoms with E-state index in [1.807, 2.05) is 53.7 Å². The molecule has 5 heteroatoms. The number of phenols is 1. The molecule has 0 aliphatic heterocycles. The first kappa shape index (κ1) is 30.6. The number of nitrogens with zero attached hydrogens (tertiary/aromatic N) is 3. The standard InChI is InChI=1S/C71H78N3O.Pt/c1-44-33-46(42-67(3,4)5)31-32-54(44)56-41-61(72-43-45(56)2)50-34-49(35-51(36-50)68(6,7)8)55-29-24-30-62-63(55)73-66(59-39-53(70(12,13)14)40-60(65(59)75)71(15,16)17)74(62)64-57(47-25-20-18-21-26-47)37-52(69(9,10)11)38-58(64)48-27-22-19-23-28-48;/h18-33,35-41,43,75H,42H2,1-17H3;/q-1;/i1D3,2D3,12D3,13D3,14D3,15D3,16D3,17D3,32D,42D2;. The molecule has 0 fully saturated rings. The molecule has 0 aliphatic rings. The van der Waals surface area contributed by atoms with Crippen LogP contribution in [0.2, 0.25) is 0 Å². The quantitative estimate of drug-likeness (QED) is 0.154. The van der Waals surface area contributed by atoms with Crippen molar-refractivity contribution in [2.24, 2.45) is 5.41 Å². The number of pyridine rings is 1. The van der Waals surface area contributed by atoms with Crippen LogP contribution in [-0.2, 0) is 49.1 Å². The second kappa shape index (κ2) is 20.5. The minimum absolute atomic E-state index is 0. The molecule has 2 aromatic heterocycles. The van der Waals surface area contributed by atoms with Crippen molar-refractivity contribution in [3.63, 3.8) is 0 Å². The number of hydrogen-bond acceptors (Lipinski definition) is 3. The molecule has 0 radical (unpaired) electrons. The first-order valence-electron chi connectivity index (χ1n) is 38.1. The van der Waals surface area contributed by atoms with Crippen LogP contribution in [0, 0.1) is 25.2 Å². The predicted octanol–water partition coefficient (Wildman–Crippen LogP) is 19.3. The fourth-order valence-corrected chi connectivity index (χ4v) is 9.34. The second-order valence-corrected chi connectivity index (χ2v) is 22.4. The molecule has 0 atom stereocenters. The SMILES string of the molecule is [2H]c1cc(C([2H])([2H])C(C)(C)C)cc(C([2H])([2H])[2H])c1-c1cc(-c2[c-]c(-c3cccc4c3nc(-c3cc(C(C([2H])([2H])[2H])(C([2H])([2H])[2H])C([2H])([2H])[2H])cc(C(C([2H])([2H])[2H])(C([2H])([2H])[2H])C([2H])([2H])[2H])c3O)n4-c3c(-c4ccccc4)cc(C(C)(C)C)cc3-c3ccccc3)cc(C(C)(C)C)c2)ncc1C([2H])([2H])[2H].[Pt]. The maximum absolute atomic E-state index is 13.5. The number of rotatable bonds is 8. The fourth-order valence-electron chi connectivity index (χ4n) is 9.34. The molecule has 0 spiro atoms. The van der Waals surface area contributed by atoms with E-state index in [0.29, 0.717) is 33.9 Å². The summed E-state index contributed by atoms with van der Waals surface area (Å²) in [5.74, 6) is -2.05. The molecule has 2 heterocycles. The van der Waals surface area contributed by atoms with Gasteiger partial charge in [-0.1, -0.05) is 218 Å². The van der Waals surface area contributed by atoms with Gasteiger partial charge in [0, 0.05) is 85.3 Å². The van der Waals surface area contributed by atoms with Crippen LogP contribution in [-0.4, -0.2) is 19.6 Å². The molecule has 76 heavy (non-hydrogen) atoms. The third-order valence-electron chi connectivity index (χ3n) is 13.2. The molecule has 394 valence electrons. The maximum Gasteiger partial charge on any atom is 0.148 e. The fraction of sp³-hybridized carbons (Fsp3) is 0.324. The predicted molar refractivity (Wildman–Crippen MR) is 319 cm³/mol. The second-order valence-electron chi connectivity index (χ2n) is 22.4. The van der Waals surface area contributed by atoms with Gasteiger partial charge in [-0.2, -0.15) is 0 Å². The average molecular weight is 1210 g/mol. The number of benzene rings is 7. The Morgan fingerprint density at radius 3 is 1.72 bits per heavy atom. The zero-order valence-corrected chi connectivity index (χ0v) is 46.2. The Balaban J connectivity index is 0.0000134. The summed E-state index contributed by atoms with van der Waals surface area (Å²) in [6.45, 7) is -14.9. The van der Waals surface area contributed by atoms with Gasteiger partial charge in [-0.25, -0.2) is 4.98 Å². The number of aromatic hydroxyl groups is 1. The van der Waals surface area contributed by atoms with Crippen LogP contribution in [0.15, 0.2) is 146 Å².